The zero-order valence-corrected chi connectivity index (χ0v) is 18.4. The molecule has 2 aliphatic rings. The van der Waals surface area contributed by atoms with E-state index in [1.165, 1.54) is 41.7 Å². The van der Waals surface area contributed by atoms with Crippen LogP contribution in [0.3, 0.4) is 0 Å². The van der Waals surface area contributed by atoms with Gasteiger partial charge < -0.3 is 9.64 Å². The number of carbonyl (C=O) groups is 3. The number of nitrogens with zero attached hydrogens (tertiary/aromatic N) is 3. The van der Waals surface area contributed by atoms with E-state index in [2.05, 4.69) is 0 Å². The lowest BCUT2D eigenvalue weighted by atomic mass is 10.1. The van der Waals surface area contributed by atoms with E-state index in [-0.39, 0.29) is 24.4 Å². The molecule has 0 bridgehead atoms. The van der Waals surface area contributed by atoms with Crippen molar-refractivity contribution in [2.75, 3.05) is 20.1 Å². The Morgan fingerprint density at radius 1 is 1.06 bits per heavy atom. The zero-order chi connectivity index (χ0) is 23.8. The quantitative estimate of drug-likeness (QED) is 0.362. The Bertz CT molecular complexity index is 1170. The van der Waals surface area contributed by atoms with Gasteiger partial charge in [0.15, 0.2) is 0 Å². The van der Waals surface area contributed by atoms with Gasteiger partial charge in [0.25, 0.3) is 11.8 Å². The average molecular weight is 474 g/mol. The summed E-state index contributed by atoms with van der Waals surface area (Å²) >= 11 is 0. The second-order valence-electron chi connectivity index (χ2n) is 7.74. The third-order valence-electron chi connectivity index (χ3n) is 5.59. The van der Waals surface area contributed by atoms with Crippen LogP contribution in [0.2, 0.25) is 0 Å². The Balaban J connectivity index is 1.59. The van der Waals surface area contributed by atoms with E-state index in [0.29, 0.717) is 11.5 Å². The van der Waals surface area contributed by atoms with Gasteiger partial charge >= 0.3 is 6.03 Å². The second-order valence-corrected chi connectivity index (χ2v) is 9.64. The molecule has 2 aromatic rings. The first kappa shape index (κ1) is 22.7. The van der Waals surface area contributed by atoms with E-state index in [1.54, 1.807) is 24.3 Å². The lowest BCUT2D eigenvalue weighted by molar-refractivity contribution is -0.132. The van der Waals surface area contributed by atoms with Gasteiger partial charge in [-0.05, 0) is 42.8 Å². The van der Waals surface area contributed by atoms with Gasteiger partial charge in [0.1, 0.15) is 24.1 Å². The molecule has 2 aliphatic heterocycles. The number of amides is 4. The minimum Gasteiger partial charge on any atom is -0.457 e. The van der Waals surface area contributed by atoms with Crippen LogP contribution in [-0.4, -0.2) is 77.8 Å². The first-order valence-electron chi connectivity index (χ1n) is 10.1. The minimum absolute atomic E-state index is 0.101. The van der Waals surface area contributed by atoms with Gasteiger partial charge in [-0.1, -0.05) is 18.2 Å². The fourth-order valence-corrected chi connectivity index (χ4v) is 5.62. The predicted octanol–water partition coefficient (Wildman–Crippen LogP) is 1.01. The fraction of sp³-hybridized carbons (Fsp3) is 0.286. The van der Waals surface area contributed by atoms with Crippen LogP contribution in [-0.2, 0) is 19.6 Å². The van der Waals surface area contributed by atoms with Gasteiger partial charge in [-0.2, -0.15) is 4.31 Å². The molecule has 33 heavy (non-hydrogen) atoms. The van der Waals surface area contributed by atoms with Crippen molar-refractivity contribution >= 4 is 27.9 Å². The smallest absolute Gasteiger partial charge is 0.327 e. The molecule has 4 amide bonds. The second kappa shape index (κ2) is 8.81. The Hall–Kier alpha value is -3.48. The highest BCUT2D eigenvalue weighted by Crippen LogP contribution is 2.32. The summed E-state index contributed by atoms with van der Waals surface area (Å²) in [5.74, 6) is -0.421. The molecule has 0 spiro atoms. The lowest BCUT2D eigenvalue weighted by Crippen LogP contribution is -2.45. The summed E-state index contributed by atoms with van der Waals surface area (Å²) in [4.78, 5) is 39.0. The summed E-state index contributed by atoms with van der Waals surface area (Å²) in [6, 6.07) is 11.9. The number of para-hydroxylation sites is 1. The molecular weight excluding hydrogens is 452 g/mol. The van der Waals surface area contributed by atoms with Crippen LogP contribution >= 0.6 is 0 Å². The van der Waals surface area contributed by atoms with Crippen LogP contribution in [0.1, 0.15) is 6.42 Å². The number of nitrogens with one attached hydrogen (secondary N) is 1. The molecule has 0 aromatic heterocycles. The van der Waals surface area contributed by atoms with Crippen molar-refractivity contribution in [2.45, 2.75) is 23.4 Å². The Labute approximate surface area is 190 Å². The normalized spacial score (nSPS) is 21.5. The van der Waals surface area contributed by atoms with Crippen molar-refractivity contribution < 1.29 is 32.7 Å². The molecule has 2 aromatic carbocycles. The highest BCUT2D eigenvalue weighted by molar-refractivity contribution is 7.89. The maximum Gasteiger partial charge on any atom is 0.327 e. The molecule has 12 heteroatoms. The molecule has 0 aliphatic carbocycles. The van der Waals surface area contributed by atoms with Crippen molar-refractivity contribution in [3.63, 3.8) is 0 Å². The van der Waals surface area contributed by atoms with Crippen molar-refractivity contribution in [1.29, 1.82) is 0 Å². The number of hydrogen-bond donors (Lipinski definition) is 2. The highest BCUT2D eigenvalue weighted by Gasteiger charge is 2.50. The molecule has 2 N–H and O–H groups in total. The number of ether oxygens (including phenoxy) is 1. The van der Waals surface area contributed by atoms with Crippen molar-refractivity contribution in [3.8, 4) is 11.5 Å². The van der Waals surface area contributed by atoms with Crippen LogP contribution in [0.4, 0.5) is 4.79 Å². The molecule has 2 atom stereocenters. The molecule has 4 rings (SSSR count). The maximum absolute atomic E-state index is 13.3. The molecular formula is C21H22N4O7S. The molecule has 2 heterocycles. The van der Waals surface area contributed by atoms with E-state index in [1.807, 2.05) is 6.07 Å². The van der Waals surface area contributed by atoms with Gasteiger partial charge in [-0.25, -0.2) is 18.7 Å². The molecule has 11 nitrogen and oxygen atoms in total. The first-order valence-corrected chi connectivity index (χ1v) is 11.5. The van der Waals surface area contributed by atoms with E-state index in [0.717, 1.165) is 9.21 Å². The largest absolute Gasteiger partial charge is 0.457 e. The molecule has 174 valence electrons. The summed E-state index contributed by atoms with van der Waals surface area (Å²) in [6.07, 6.45) is -0.133. The van der Waals surface area contributed by atoms with Crippen molar-refractivity contribution in [2.24, 2.45) is 0 Å². The van der Waals surface area contributed by atoms with Crippen molar-refractivity contribution in [3.05, 3.63) is 54.6 Å². The summed E-state index contributed by atoms with van der Waals surface area (Å²) < 4.78 is 33.3. The average Bonchev–Trinajstić information content (AvgIpc) is 3.35. The van der Waals surface area contributed by atoms with Gasteiger partial charge in [0.2, 0.25) is 10.0 Å². The third kappa shape index (κ3) is 4.27. The Morgan fingerprint density at radius 3 is 2.27 bits per heavy atom. The zero-order valence-electron chi connectivity index (χ0n) is 17.6. The molecule has 0 radical (unpaired) electrons. The number of benzene rings is 2. The topological polar surface area (TPSA) is 137 Å². The fourth-order valence-electron chi connectivity index (χ4n) is 3.99. The standard InChI is InChI=1S/C21H22N4O7S/c1-23-13-19(26)25(21(23)28)14-11-18(20(27)22-29)24(12-14)33(30,31)17-9-7-16(8-10-17)32-15-5-3-2-4-6-15/h2-10,14,18,29H,11-13H2,1H3,(H,22,27)/t14?,18-/m1/s1. The number of imide groups is 1. The van der Waals surface area contributed by atoms with Crippen LogP contribution in [0.25, 0.3) is 0 Å². The molecule has 2 fully saturated rings. The summed E-state index contributed by atoms with van der Waals surface area (Å²) in [6.45, 7) is -0.393. The van der Waals surface area contributed by atoms with E-state index in [4.69, 9.17) is 9.94 Å². The minimum atomic E-state index is -4.20. The number of urea groups is 1. The monoisotopic (exact) mass is 474 g/mol. The first-order chi connectivity index (χ1) is 15.7. The summed E-state index contributed by atoms with van der Waals surface area (Å²) in [7, 11) is -2.74. The van der Waals surface area contributed by atoms with Gasteiger partial charge in [-0.3, -0.25) is 19.7 Å². The summed E-state index contributed by atoms with van der Waals surface area (Å²) in [5.41, 5.74) is 1.48. The summed E-state index contributed by atoms with van der Waals surface area (Å²) in [5, 5.41) is 9.13. The lowest BCUT2D eigenvalue weighted by Gasteiger charge is -2.23. The van der Waals surface area contributed by atoms with Crippen LogP contribution in [0.15, 0.2) is 59.5 Å². The molecule has 2 saturated heterocycles. The van der Waals surface area contributed by atoms with Gasteiger partial charge in [0, 0.05) is 13.6 Å². The molecule has 0 saturated carbocycles. The SMILES string of the molecule is CN1CC(=O)N(C2C[C@H](C(=O)NO)N(S(=O)(=O)c3ccc(Oc4ccccc4)cc3)C2)C1=O. The number of hydroxylamine groups is 1. The van der Waals surface area contributed by atoms with Crippen LogP contribution in [0, 0.1) is 0 Å². The van der Waals surface area contributed by atoms with E-state index < -0.39 is 40.0 Å². The predicted molar refractivity (Wildman–Crippen MR) is 114 cm³/mol. The number of rotatable bonds is 6. The highest BCUT2D eigenvalue weighted by atomic mass is 32.2. The van der Waals surface area contributed by atoms with Crippen molar-refractivity contribution in [1.82, 2.24) is 19.6 Å². The third-order valence-corrected chi connectivity index (χ3v) is 7.48. The Morgan fingerprint density at radius 2 is 1.70 bits per heavy atom. The number of sulfonamides is 1. The van der Waals surface area contributed by atoms with Gasteiger partial charge in [0.05, 0.1) is 10.9 Å². The van der Waals surface area contributed by atoms with Crippen LogP contribution < -0.4 is 10.2 Å². The number of carbonyl (C=O) groups excluding carboxylic acids is 3. The maximum atomic E-state index is 13.3. The van der Waals surface area contributed by atoms with Gasteiger partial charge in [-0.15, -0.1) is 0 Å². The van der Waals surface area contributed by atoms with E-state index in [9.17, 15) is 22.8 Å². The number of likely N-dealkylation sites (N-methyl/N-ethyl adjacent to an activating group) is 1. The molecule has 1 unspecified atom stereocenters. The van der Waals surface area contributed by atoms with E-state index >= 15 is 0 Å². The Kier molecular flexibility index (Phi) is 6.06. The number of hydrogen-bond acceptors (Lipinski definition) is 7. The van der Waals surface area contributed by atoms with Crippen LogP contribution in [0.5, 0.6) is 11.5 Å².